The first-order valence-electron chi connectivity index (χ1n) is 4.40. The molecule has 1 rings (SSSR count). The van der Waals surface area contributed by atoms with Crippen molar-refractivity contribution in [3.05, 3.63) is 0 Å². The minimum absolute atomic E-state index is 0.788. The van der Waals surface area contributed by atoms with Gasteiger partial charge in [0, 0.05) is 12.8 Å². The van der Waals surface area contributed by atoms with Crippen LogP contribution in [-0.4, -0.2) is 32.5 Å². The molecule has 0 aliphatic rings. The van der Waals surface area contributed by atoms with Crippen molar-refractivity contribution < 1.29 is 0 Å². The first-order valence-corrected chi connectivity index (χ1v) is 5.38. The van der Waals surface area contributed by atoms with Gasteiger partial charge in [0.15, 0.2) is 0 Å². The highest BCUT2D eigenvalue weighted by Crippen LogP contribution is 2.14. The van der Waals surface area contributed by atoms with E-state index >= 15 is 0 Å². The lowest BCUT2D eigenvalue weighted by atomic mass is 10.2. The Morgan fingerprint density at radius 2 is 2.23 bits per heavy atom. The molecule has 0 aromatic carbocycles. The van der Waals surface area contributed by atoms with Gasteiger partial charge in [-0.15, -0.1) is 5.10 Å². The van der Waals surface area contributed by atoms with Crippen LogP contribution in [0.25, 0.3) is 0 Å². The second kappa shape index (κ2) is 5.93. The molecule has 0 bridgehead atoms. The van der Waals surface area contributed by atoms with Crippen molar-refractivity contribution in [2.45, 2.75) is 24.4 Å². The average molecular weight is 201 g/mol. The van der Waals surface area contributed by atoms with E-state index in [-0.39, 0.29) is 0 Å². The molecule has 13 heavy (non-hydrogen) atoms. The van der Waals surface area contributed by atoms with Crippen molar-refractivity contribution >= 4 is 11.8 Å². The molecule has 0 saturated carbocycles. The Bertz CT molecular complexity index is 237. The van der Waals surface area contributed by atoms with Gasteiger partial charge in [-0.2, -0.15) is 0 Å². The van der Waals surface area contributed by atoms with Gasteiger partial charge in [0.05, 0.1) is 0 Å². The van der Waals surface area contributed by atoms with Crippen molar-refractivity contribution in [3.8, 4) is 0 Å². The van der Waals surface area contributed by atoms with Crippen LogP contribution in [0.1, 0.15) is 19.3 Å². The minimum Gasteiger partial charge on any atom is -0.330 e. The molecule has 0 radical (unpaired) electrons. The Balaban J connectivity index is 2.10. The Hall–Kier alpha value is -0.620. The van der Waals surface area contributed by atoms with Gasteiger partial charge in [0.2, 0.25) is 5.16 Å². The topological polar surface area (TPSA) is 69.6 Å². The Labute approximate surface area is 82.1 Å². The summed E-state index contributed by atoms with van der Waals surface area (Å²) in [5.41, 5.74) is 5.39. The lowest BCUT2D eigenvalue weighted by Crippen LogP contribution is -1.98. The fraction of sp³-hybridized carbons (Fsp3) is 0.857. The molecule has 1 aromatic heterocycles. The zero-order valence-electron chi connectivity index (χ0n) is 7.81. The van der Waals surface area contributed by atoms with E-state index in [2.05, 4.69) is 15.5 Å². The van der Waals surface area contributed by atoms with Crippen molar-refractivity contribution in [2.75, 3.05) is 12.3 Å². The van der Waals surface area contributed by atoms with E-state index in [9.17, 15) is 0 Å². The molecule has 0 saturated heterocycles. The maximum atomic E-state index is 5.39. The third kappa shape index (κ3) is 3.73. The number of aromatic nitrogens is 4. The van der Waals surface area contributed by atoms with Crippen LogP contribution in [-0.2, 0) is 7.05 Å². The molecule has 0 spiro atoms. The summed E-state index contributed by atoms with van der Waals surface area (Å²) in [6, 6.07) is 0. The molecule has 0 amide bonds. The maximum Gasteiger partial charge on any atom is 0.209 e. The summed E-state index contributed by atoms with van der Waals surface area (Å²) in [5, 5.41) is 12.1. The van der Waals surface area contributed by atoms with Crippen molar-refractivity contribution in [3.63, 3.8) is 0 Å². The molecule has 6 heteroatoms. The largest absolute Gasteiger partial charge is 0.330 e. The van der Waals surface area contributed by atoms with Crippen LogP contribution < -0.4 is 5.73 Å². The summed E-state index contributed by atoms with van der Waals surface area (Å²) >= 11 is 1.69. The van der Waals surface area contributed by atoms with Crippen molar-refractivity contribution in [1.29, 1.82) is 0 Å². The summed E-state index contributed by atoms with van der Waals surface area (Å²) in [7, 11) is 1.85. The Morgan fingerprint density at radius 3 is 2.85 bits per heavy atom. The highest BCUT2D eigenvalue weighted by molar-refractivity contribution is 7.99. The zero-order chi connectivity index (χ0) is 9.52. The standard InChI is InChI=1S/C7H15N5S/c1-12-7(9-10-11-12)13-6-4-2-3-5-8/h2-6,8H2,1H3. The summed E-state index contributed by atoms with van der Waals surface area (Å²) < 4.78 is 1.69. The molecule has 5 nitrogen and oxygen atoms in total. The van der Waals surface area contributed by atoms with E-state index in [1.54, 1.807) is 16.4 Å². The molecular weight excluding hydrogens is 186 g/mol. The van der Waals surface area contributed by atoms with Gasteiger partial charge in [-0.3, -0.25) is 0 Å². The van der Waals surface area contributed by atoms with Crippen LogP contribution in [0, 0.1) is 0 Å². The maximum absolute atomic E-state index is 5.39. The first-order chi connectivity index (χ1) is 6.34. The van der Waals surface area contributed by atoms with Crippen molar-refractivity contribution in [1.82, 2.24) is 20.2 Å². The normalized spacial score (nSPS) is 10.6. The number of nitrogens with zero attached hydrogens (tertiary/aromatic N) is 4. The predicted molar refractivity (Wildman–Crippen MR) is 52.4 cm³/mol. The van der Waals surface area contributed by atoms with Gasteiger partial charge >= 0.3 is 0 Å². The van der Waals surface area contributed by atoms with Gasteiger partial charge in [-0.05, 0) is 29.8 Å². The lowest BCUT2D eigenvalue weighted by Gasteiger charge is -1.98. The number of rotatable bonds is 6. The highest BCUT2D eigenvalue weighted by atomic mass is 32.2. The number of thioether (sulfide) groups is 1. The molecule has 2 N–H and O–H groups in total. The second-order valence-corrected chi connectivity index (χ2v) is 3.84. The molecule has 0 fully saturated rings. The smallest absolute Gasteiger partial charge is 0.209 e. The van der Waals surface area contributed by atoms with Crippen LogP contribution in [0.2, 0.25) is 0 Å². The molecular formula is C7H15N5S. The number of hydrogen-bond acceptors (Lipinski definition) is 5. The zero-order valence-corrected chi connectivity index (χ0v) is 8.63. The molecule has 0 aliphatic carbocycles. The average Bonchev–Trinajstić information content (AvgIpc) is 2.52. The quantitative estimate of drug-likeness (QED) is 0.534. The molecule has 0 aliphatic heterocycles. The third-order valence-electron chi connectivity index (χ3n) is 1.66. The second-order valence-electron chi connectivity index (χ2n) is 2.78. The Morgan fingerprint density at radius 1 is 1.38 bits per heavy atom. The molecule has 1 aromatic rings. The minimum atomic E-state index is 0.788. The summed E-state index contributed by atoms with van der Waals surface area (Å²) in [6.07, 6.45) is 3.47. The fourth-order valence-corrected chi connectivity index (χ4v) is 1.78. The molecule has 1 heterocycles. The molecule has 0 atom stereocenters. The Kier molecular flexibility index (Phi) is 4.77. The monoisotopic (exact) mass is 201 g/mol. The van der Waals surface area contributed by atoms with E-state index in [0.29, 0.717) is 0 Å². The molecule has 74 valence electrons. The number of tetrazole rings is 1. The summed E-state index contributed by atoms with van der Waals surface area (Å²) in [5.74, 6) is 1.06. The van der Waals surface area contributed by atoms with Gasteiger partial charge in [-0.25, -0.2) is 4.68 Å². The summed E-state index contributed by atoms with van der Waals surface area (Å²) in [6.45, 7) is 0.788. The van der Waals surface area contributed by atoms with Gasteiger partial charge in [-0.1, -0.05) is 18.2 Å². The summed E-state index contributed by atoms with van der Waals surface area (Å²) in [4.78, 5) is 0. The van der Waals surface area contributed by atoms with E-state index in [1.807, 2.05) is 7.05 Å². The van der Waals surface area contributed by atoms with E-state index < -0.39 is 0 Å². The van der Waals surface area contributed by atoms with Gasteiger partial charge in [0.25, 0.3) is 0 Å². The number of aryl methyl sites for hydroxylation is 1. The third-order valence-corrected chi connectivity index (χ3v) is 2.76. The van der Waals surface area contributed by atoms with Crippen molar-refractivity contribution in [2.24, 2.45) is 12.8 Å². The highest BCUT2D eigenvalue weighted by Gasteiger charge is 2.00. The van der Waals surface area contributed by atoms with E-state index in [4.69, 9.17) is 5.73 Å². The predicted octanol–water partition coefficient (Wildman–Crippen LogP) is 0.431. The number of unbranched alkanes of at least 4 members (excludes halogenated alkanes) is 2. The van der Waals surface area contributed by atoms with Crippen LogP contribution in [0.3, 0.4) is 0 Å². The number of nitrogens with two attached hydrogens (primary N) is 1. The van der Waals surface area contributed by atoms with E-state index in [0.717, 1.165) is 23.9 Å². The van der Waals surface area contributed by atoms with Gasteiger partial charge in [0.1, 0.15) is 0 Å². The SMILES string of the molecule is Cn1nnnc1SCCCCCN. The number of hydrogen-bond donors (Lipinski definition) is 1. The lowest BCUT2D eigenvalue weighted by molar-refractivity contribution is 0.663. The van der Waals surface area contributed by atoms with Crippen LogP contribution in [0.15, 0.2) is 5.16 Å². The fourth-order valence-electron chi connectivity index (χ4n) is 0.930. The molecule has 0 unspecified atom stereocenters. The van der Waals surface area contributed by atoms with E-state index in [1.165, 1.54) is 12.8 Å². The van der Waals surface area contributed by atoms with Crippen LogP contribution in [0.4, 0.5) is 0 Å². The first kappa shape index (κ1) is 10.5. The van der Waals surface area contributed by atoms with Crippen LogP contribution >= 0.6 is 11.8 Å². The van der Waals surface area contributed by atoms with Crippen LogP contribution in [0.5, 0.6) is 0 Å². The van der Waals surface area contributed by atoms with Gasteiger partial charge < -0.3 is 5.73 Å².